The minimum atomic E-state index is -4.13. The molecule has 0 atom stereocenters. The van der Waals surface area contributed by atoms with Crippen LogP contribution in [0.25, 0.3) is 9.75 Å². The lowest BCUT2D eigenvalue weighted by Crippen LogP contribution is -2.28. The van der Waals surface area contributed by atoms with Gasteiger partial charge in [-0.2, -0.15) is 0 Å². The number of benzene rings is 1. The van der Waals surface area contributed by atoms with Crippen molar-refractivity contribution in [1.29, 1.82) is 0 Å². The highest BCUT2D eigenvalue weighted by Crippen LogP contribution is 2.56. The van der Waals surface area contributed by atoms with Crippen LogP contribution in [-0.2, 0) is 4.57 Å². The van der Waals surface area contributed by atoms with Gasteiger partial charge in [0.2, 0.25) is 5.82 Å². The van der Waals surface area contributed by atoms with Crippen molar-refractivity contribution in [3.8, 4) is 9.75 Å². The first-order valence-corrected chi connectivity index (χ1v) is 9.64. The third-order valence-corrected chi connectivity index (χ3v) is 9.10. The molecule has 0 N–H and O–H groups in total. The first-order valence-electron chi connectivity index (χ1n) is 6.17. The van der Waals surface area contributed by atoms with Gasteiger partial charge < -0.3 is 4.57 Å². The Balaban J connectivity index is 2.17. The molecule has 0 amide bonds. The summed E-state index contributed by atoms with van der Waals surface area (Å²) in [6.45, 7) is 0. The van der Waals surface area contributed by atoms with Crippen molar-refractivity contribution >= 4 is 45.7 Å². The predicted molar refractivity (Wildman–Crippen MR) is 80.4 cm³/mol. The molecule has 0 spiro atoms. The van der Waals surface area contributed by atoms with E-state index in [0.717, 1.165) is 0 Å². The van der Waals surface area contributed by atoms with Crippen molar-refractivity contribution in [1.82, 2.24) is 0 Å². The van der Waals surface area contributed by atoms with E-state index in [-0.39, 0.29) is 10.6 Å². The molecule has 118 valence electrons. The lowest BCUT2D eigenvalue weighted by Gasteiger charge is -2.16. The van der Waals surface area contributed by atoms with Crippen LogP contribution in [0.4, 0.5) is 22.0 Å². The van der Waals surface area contributed by atoms with Crippen molar-refractivity contribution in [3.05, 3.63) is 52.0 Å². The molecule has 0 aliphatic carbocycles. The minimum Gasteiger partial charge on any atom is -0.308 e. The van der Waals surface area contributed by atoms with Crippen LogP contribution in [0.2, 0.25) is 0 Å². The van der Waals surface area contributed by atoms with Gasteiger partial charge in [0.05, 0.1) is 15.1 Å². The van der Waals surface area contributed by atoms with E-state index in [9.17, 15) is 26.5 Å². The molecule has 0 saturated carbocycles. The quantitative estimate of drug-likeness (QED) is 0.211. The summed E-state index contributed by atoms with van der Waals surface area (Å²) in [6, 6.07) is 2.82. The SMILES string of the molecule is O=P1(c2c(F)c(F)c(F)c(F)c2F)c2ccsc2-c2sccc21. The predicted octanol–water partition coefficient (Wildman–Crippen LogP) is 4.12. The molecule has 0 saturated heterocycles. The Morgan fingerprint density at radius 3 is 1.52 bits per heavy atom. The van der Waals surface area contributed by atoms with Gasteiger partial charge in [0, 0.05) is 10.6 Å². The number of hydrogen-bond acceptors (Lipinski definition) is 3. The van der Waals surface area contributed by atoms with E-state index >= 15 is 0 Å². The van der Waals surface area contributed by atoms with Crippen LogP contribution in [0, 0.1) is 29.1 Å². The Hall–Kier alpha value is -1.50. The second kappa shape index (κ2) is 4.75. The van der Waals surface area contributed by atoms with Gasteiger partial charge in [-0.05, 0) is 22.9 Å². The summed E-state index contributed by atoms with van der Waals surface area (Å²) in [5.74, 6) is -10.5. The Morgan fingerprint density at radius 2 is 1.09 bits per heavy atom. The normalized spacial score (nSPS) is 14.8. The first-order chi connectivity index (χ1) is 10.9. The summed E-state index contributed by atoms with van der Waals surface area (Å²) in [5, 5.41) is 2.14. The van der Waals surface area contributed by atoms with E-state index in [0.29, 0.717) is 9.75 Å². The zero-order valence-electron chi connectivity index (χ0n) is 10.9. The zero-order valence-corrected chi connectivity index (χ0v) is 13.4. The number of thiophene rings is 2. The van der Waals surface area contributed by atoms with E-state index in [1.807, 2.05) is 0 Å². The minimum absolute atomic E-state index is 0.118. The maximum Gasteiger partial charge on any atom is 0.200 e. The molecule has 0 unspecified atom stereocenters. The Bertz CT molecular complexity index is 949. The highest BCUT2D eigenvalue weighted by Gasteiger charge is 2.47. The summed E-state index contributed by atoms with van der Waals surface area (Å²) in [6.07, 6.45) is 0. The van der Waals surface area contributed by atoms with Crippen LogP contribution >= 0.6 is 29.8 Å². The maximum atomic E-state index is 14.2. The molecule has 2 aromatic heterocycles. The molecule has 0 fully saturated rings. The third-order valence-electron chi connectivity index (χ3n) is 3.68. The van der Waals surface area contributed by atoms with Crippen LogP contribution in [0.5, 0.6) is 0 Å². The van der Waals surface area contributed by atoms with Crippen molar-refractivity contribution in [2.45, 2.75) is 0 Å². The van der Waals surface area contributed by atoms with E-state index in [4.69, 9.17) is 0 Å². The molecule has 9 heteroatoms. The fraction of sp³-hybridized carbons (Fsp3) is 0. The van der Waals surface area contributed by atoms with E-state index in [1.165, 1.54) is 34.8 Å². The van der Waals surface area contributed by atoms with E-state index < -0.39 is 41.5 Å². The summed E-state index contributed by atoms with van der Waals surface area (Å²) in [5.41, 5.74) is 0. The second-order valence-electron chi connectivity index (χ2n) is 4.80. The Kier molecular flexibility index (Phi) is 3.11. The molecule has 4 rings (SSSR count). The van der Waals surface area contributed by atoms with Gasteiger partial charge in [-0.3, -0.25) is 0 Å². The van der Waals surface area contributed by atoms with Gasteiger partial charge in [-0.1, -0.05) is 0 Å². The lowest BCUT2D eigenvalue weighted by molar-refractivity contribution is 0.384. The zero-order chi connectivity index (χ0) is 16.5. The number of rotatable bonds is 1. The van der Waals surface area contributed by atoms with Gasteiger partial charge >= 0.3 is 0 Å². The molecule has 3 aromatic rings. The average Bonchev–Trinajstić information content (AvgIpc) is 3.21. The largest absolute Gasteiger partial charge is 0.308 e. The van der Waals surface area contributed by atoms with Crippen molar-refractivity contribution in [2.24, 2.45) is 0 Å². The van der Waals surface area contributed by atoms with Crippen LogP contribution in [0.3, 0.4) is 0 Å². The van der Waals surface area contributed by atoms with Gasteiger partial charge in [0.25, 0.3) is 0 Å². The number of halogens is 5. The van der Waals surface area contributed by atoms with E-state index in [1.54, 1.807) is 10.8 Å². The van der Waals surface area contributed by atoms with Gasteiger partial charge in [-0.15, -0.1) is 22.7 Å². The number of hydrogen-bond donors (Lipinski definition) is 0. The van der Waals surface area contributed by atoms with Crippen LogP contribution in [0.15, 0.2) is 22.9 Å². The van der Waals surface area contributed by atoms with E-state index in [2.05, 4.69) is 0 Å². The summed E-state index contributed by atoms with van der Waals surface area (Å²) >= 11 is 2.42. The molecule has 1 aromatic carbocycles. The fourth-order valence-electron chi connectivity index (χ4n) is 2.68. The highest BCUT2D eigenvalue weighted by atomic mass is 32.1. The molecule has 23 heavy (non-hydrogen) atoms. The monoisotopic (exact) mass is 378 g/mol. The molecule has 1 aliphatic rings. The van der Waals surface area contributed by atoms with Gasteiger partial charge in [-0.25, -0.2) is 22.0 Å². The van der Waals surface area contributed by atoms with Gasteiger partial charge in [0.1, 0.15) is 0 Å². The second-order valence-corrected chi connectivity index (χ2v) is 9.26. The standard InChI is InChI=1S/C14H4F5OPS2/c15-7-8(16)10(18)12(11(19)9(7)17)21(20)5-1-3-22-13(5)14-6(21)2-4-23-14/h1-4H. The average molecular weight is 378 g/mol. The maximum absolute atomic E-state index is 14.2. The summed E-state index contributed by atoms with van der Waals surface area (Å²) in [7, 11) is -4.13. The lowest BCUT2D eigenvalue weighted by atomic mass is 10.3. The molecule has 1 aliphatic heterocycles. The molecule has 0 bridgehead atoms. The number of fused-ring (bicyclic) bond motifs is 3. The summed E-state index contributed by atoms with van der Waals surface area (Å²) < 4.78 is 82.3. The molecular formula is C14H4F5OPS2. The molecule has 1 nitrogen and oxygen atoms in total. The topological polar surface area (TPSA) is 17.1 Å². The van der Waals surface area contributed by atoms with Crippen molar-refractivity contribution in [3.63, 3.8) is 0 Å². The van der Waals surface area contributed by atoms with Crippen molar-refractivity contribution in [2.75, 3.05) is 0 Å². The van der Waals surface area contributed by atoms with Crippen LogP contribution in [-0.4, -0.2) is 0 Å². The first kappa shape index (κ1) is 15.1. The van der Waals surface area contributed by atoms with Gasteiger partial charge in [0.15, 0.2) is 30.4 Å². The third kappa shape index (κ3) is 1.69. The van der Waals surface area contributed by atoms with Crippen molar-refractivity contribution < 1.29 is 26.5 Å². The molecule has 0 radical (unpaired) electrons. The molecular weight excluding hydrogens is 374 g/mol. The summed E-state index contributed by atoms with van der Waals surface area (Å²) in [4.78, 5) is 1.09. The fourth-order valence-corrected chi connectivity index (χ4v) is 8.76. The Morgan fingerprint density at radius 1 is 0.696 bits per heavy atom. The molecule has 3 heterocycles. The Labute approximate surface area is 134 Å². The highest BCUT2D eigenvalue weighted by molar-refractivity contribution is 7.87. The smallest absolute Gasteiger partial charge is 0.200 e. The van der Waals surface area contributed by atoms with Crippen LogP contribution in [0.1, 0.15) is 0 Å². The van der Waals surface area contributed by atoms with Crippen LogP contribution < -0.4 is 15.9 Å².